The van der Waals surface area contributed by atoms with Crippen molar-refractivity contribution < 1.29 is 9.53 Å². The number of benzene rings is 1. The largest absolute Gasteiger partial charge is 0.426 e. The van der Waals surface area contributed by atoms with Crippen molar-refractivity contribution >= 4 is 5.97 Å². The molecule has 0 saturated carbocycles. The number of hydrogen-bond donors (Lipinski definition) is 0. The summed E-state index contributed by atoms with van der Waals surface area (Å²) in [5.74, 6) is 0.972. The summed E-state index contributed by atoms with van der Waals surface area (Å²) in [5.41, 5.74) is 3.03. The Kier molecular flexibility index (Phi) is 9.03. The molecule has 0 fully saturated rings. The first-order valence-corrected chi connectivity index (χ1v) is 10.4. The maximum absolute atomic E-state index is 12.2. The molecule has 146 valence electrons. The zero-order valence-electron chi connectivity index (χ0n) is 17.0. The van der Waals surface area contributed by atoms with Gasteiger partial charge in [0, 0.05) is 18.2 Å². The minimum Gasteiger partial charge on any atom is -0.426 e. The van der Waals surface area contributed by atoms with Crippen molar-refractivity contribution in [3.05, 3.63) is 48.2 Å². The Balaban J connectivity index is 2.07. The van der Waals surface area contributed by atoms with Gasteiger partial charge in [-0.25, -0.2) is 0 Å². The highest BCUT2D eigenvalue weighted by Gasteiger charge is 2.13. The Hall–Kier alpha value is -2.16. The van der Waals surface area contributed by atoms with E-state index in [4.69, 9.17) is 4.74 Å². The molecule has 3 nitrogen and oxygen atoms in total. The van der Waals surface area contributed by atoms with E-state index in [9.17, 15) is 4.79 Å². The molecule has 27 heavy (non-hydrogen) atoms. The number of rotatable bonds is 11. The van der Waals surface area contributed by atoms with E-state index in [1.807, 2.05) is 30.5 Å². The van der Waals surface area contributed by atoms with Crippen LogP contribution in [0.3, 0.4) is 0 Å². The van der Waals surface area contributed by atoms with E-state index in [1.54, 1.807) is 0 Å². The topological polar surface area (TPSA) is 39.2 Å². The molecule has 0 aliphatic carbocycles. The van der Waals surface area contributed by atoms with Gasteiger partial charge in [0.2, 0.25) is 0 Å². The minimum atomic E-state index is -0.168. The molecule has 0 radical (unpaired) electrons. The predicted molar refractivity (Wildman–Crippen MR) is 112 cm³/mol. The molecule has 0 spiro atoms. The van der Waals surface area contributed by atoms with E-state index in [0.29, 0.717) is 18.1 Å². The van der Waals surface area contributed by atoms with Gasteiger partial charge in [-0.15, -0.1) is 0 Å². The van der Waals surface area contributed by atoms with Gasteiger partial charge in [-0.1, -0.05) is 58.6 Å². The molecule has 0 aliphatic rings. The van der Waals surface area contributed by atoms with E-state index in [1.165, 1.54) is 31.2 Å². The van der Waals surface area contributed by atoms with Crippen LogP contribution in [0.25, 0.3) is 11.3 Å². The Bertz CT molecular complexity index is 711. The van der Waals surface area contributed by atoms with E-state index in [2.05, 4.69) is 37.9 Å². The fourth-order valence-electron chi connectivity index (χ4n) is 3.04. The normalized spacial score (nSPS) is 12.0. The van der Waals surface area contributed by atoms with Gasteiger partial charge in [0.1, 0.15) is 5.75 Å². The van der Waals surface area contributed by atoms with Crippen LogP contribution >= 0.6 is 0 Å². The molecule has 1 aromatic heterocycles. The highest BCUT2D eigenvalue weighted by molar-refractivity contribution is 5.77. The lowest BCUT2D eigenvalue weighted by Gasteiger charge is -2.12. The van der Waals surface area contributed by atoms with Crippen molar-refractivity contribution in [2.45, 2.75) is 72.1 Å². The van der Waals surface area contributed by atoms with Crippen molar-refractivity contribution in [1.29, 1.82) is 0 Å². The molecule has 1 unspecified atom stereocenters. The van der Waals surface area contributed by atoms with Gasteiger partial charge >= 0.3 is 5.97 Å². The van der Waals surface area contributed by atoms with Gasteiger partial charge in [-0.05, 0) is 55.0 Å². The van der Waals surface area contributed by atoms with Crippen molar-refractivity contribution in [3.8, 4) is 17.0 Å². The summed E-state index contributed by atoms with van der Waals surface area (Å²) in [5, 5.41) is 0. The number of nitrogens with zero attached hydrogens (tertiary/aromatic N) is 1. The Morgan fingerprint density at radius 2 is 1.93 bits per heavy atom. The molecule has 0 bridgehead atoms. The van der Waals surface area contributed by atoms with E-state index < -0.39 is 0 Å². The lowest BCUT2D eigenvalue weighted by Crippen LogP contribution is -2.10. The number of unbranched alkanes of at least 4 members (excludes halogenated alkanes) is 3. The van der Waals surface area contributed by atoms with E-state index in [-0.39, 0.29) is 5.97 Å². The lowest BCUT2D eigenvalue weighted by molar-refractivity contribution is -0.134. The second-order valence-corrected chi connectivity index (χ2v) is 7.38. The standard InChI is InChI=1S/C24H33NO2/c1-4-6-7-8-11-20-16-17-25-22(18-20)21-12-9-10-13-23(21)27-24(26)15-14-19(3)5-2/h9-10,12-13,16-19H,4-8,11,14-15H2,1-3H3. The smallest absolute Gasteiger partial charge is 0.311 e. The average molecular weight is 368 g/mol. The molecule has 0 N–H and O–H groups in total. The molecule has 2 rings (SSSR count). The van der Waals surface area contributed by atoms with E-state index in [0.717, 1.165) is 30.5 Å². The number of aryl methyl sites for hydroxylation is 1. The zero-order chi connectivity index (χ0) is 19.5. The Labute approximate surface area is 164 Å². The monoisotopic (exact) mass is 367 g/mol. The molecular weight excluding hydrogens is 334 g/mol. The summed E-state index contributed by atoms with van der Waals surface area (Å²) < 4.78 is 5.67. The third kappa shape index (κ3) is 7.16. The molecule has 1 aromatic carbocycles. The first-order chi connectivity index (χ1) is 13.1. The third-order valence-corrected chi connectivity index (χ3v) is 5.07. The number of esters is 1. The van der Waals surface area contributed by atoms with Gasteiger partial charge in [0.15, 0.2) is 0 Å². The second kappa shape index (κ2) is 11.5. The van der Waals surface area contributed by atoms with Crippen LogP contribution in [0.5, 0.6) is 5.75 Å². The molecule has 3 heteroatoms. The molecular formula is C24H33NO2. The number of para-hydroxylation sites is 1. The third-order valence-electron chi connectivity index (χ3n) is 5.07. The summed E-state index contributed by atoms with van der Waals surface area (Å²) in [6.07, 6.45) is 10.3. The minimum absolute atomic E-state index is 0.168. The van der Waals surface area contributed by atoms with Gasteiger partial charge in [0.25, 0.3) is 0 Å². The summed E-state index contributed by atoms with van der Waals surface area (Å²) >= 11 is 0. The van der Waals surface area contributed by atoms with Crippen molar-refractivity contribution in [2.75, 3.05) is 0 Å². The molecule has 0 saturated heterocycles. The van der Waals surface area contributed by atoms with Crippen LogP contribution < -0.4 is 4.74 Å². The van der Waals surface area contributed by atoms with Crippen LogP contribution in [0.1, 0.15) is 71.3 Å². The summed E-state index contributed by atoms with van der Waals surface area (Å²) in [6.45, 7) is 6.54. The van der Waals surface area contributed by atoms with Gasteiger partial charge in [-0.2, -0.15) is 0 Å². The number of aromatic nitrogens is 1. The fourth-order valence-corrected chi connectivity index (χ4v) is 3.04. The fraction of sp³-hybridized carbons (Fsp3) is 0.500. The quantitative estimate of drug-likeness (QED) is 0.255. The average Bonchev–Trinajstić information content (AvgIpc) is 2.70. The molecule has 0 aliphatic heterocycles. The van der Waals surface area contributed by atoms with Crippen LogP contribution in [-0.4, -0.2) is 11.0 Å². The first-order valence-electron chi connectivity index (χ1n) is 10.4. The molecule has 0 amide bonds. The van der Waals surface area contributed by atoms with Gasteiger partial charge < -0.3 is 4.74 Å². The zero-order valence-corrected chi connectivity index (χ0v) is 17.0. The number of hydrogen-bond acceptors (Lipinski definition) is 3. The number of ether oxygens (including phenoxy) is 1. The van der Waals surface area contributed by atoms with E-state index >= 15 is 0 Å². The lowest BCUT2D eigenvalue weighted by atomic mass is 10.0. The highest BCUT2D eigenvalue weighted by Crippen LogP contribution is 2.29. The second-order valence-electron chi connectivity index (χ2n) is 7.38. The number of carbonyl (C=O) groups is 1. The van der Waals surface area contributed by atoms with Crippen LogP contribution in [-0.2, 0) is 11.2 Å². The maximum atomic E-state index is 12.2. The Morgan fingerprint density at radius 1 is 1.11 bits per heavy atom. The van der Waals surface area contributed by atoms with Crippen molar-refractivity contribution in [2.24, 2.45) is 5.92 Å². The van der Waals surface area contributed by atoms with Crippen LogP contribution in [0, 0.1) is 5.92 Å². The molecule has 1 atom stereocenters. The van der Waals surface area contributed by atoms with Gasteiger partial charge in [0.05, 0.1) is 5.69 Å². The highest BCUT2D eigenvalue weighted by atomic mass is 16.5. The number of pyridine rings is 1. The van der Waals surface area contributed by atoms with Crippen molar-refractivity contribution in [3.63, 3.8) is 0 Å². The van der Waals surface area contributed by atoms with Crippen LogP contribution in [0.15, 0.2) is 42.6 Å². The SMILES string of the molecule is CCCCCCc1ccnc(-c2ccccc2OC(=O)CCC(C)CC)c1. The first kappa shape index (κ1) is 21.1. The van der Waals surface area contributed by atoms with Crippen LogP contribution in [0.2, 0.25) is 0 Å². The molecule has 1 heterocycles. The summed E-state index contributed by atoms with van der Waals surface area (Å²) in [6, 6.07) is 11.9. The maximum Gasteiger partial charge on any atom is 0.311 e. The summed E-state index contributed by atoms with van der Waals surface area (Å²) in [7, 11) is 0. The predicted octanol–water partition coefficient (Wildman–Crippen LogP) is 6.60. The van der Waals surface area contributed by atoms with Crippen LogP contribution in [0.4, 0.5) is 0 Å². The molecule has 2 aromatic rings. The van der Waals surface area contributed by atoms with Gasteiger partial charge in [-0.3, -0.25) is 9.78 Å². The Morgan fingerprint density at radius 3 is 2.70 bits per heavy atom. The summed E-state index contributed by atoms with van der Waals surface area (Å²) in [4.78, 5) is 16.8. The van der Waals surface area contributed by atoms with Crippen molar-refractivity contribution in [1.82, 2.24) is 4.98 Å². The number of carbonyl (C=O) groups excluding carboxylic acids is 1.